The maximum Gasteiger partial charge on any atom is 0.416 e. The minimum absolute atomic E-state index is 0.103. The third-order valence-corrected chi connectivity index (χ3v) is 3.18. The van der Waals surface area contributed by atoms with Crippen molar-refractivity contribution in [2.24, 2.45) is 0 Å². The molecule has 19 heavy (non-hydrogen) atoms. The van der Waals surface area contributed by atoms with Gasteiger partial charge in [0.05, 0.1) is 5.56 Å². The first kappa shape index (κ1) is 13.7. The van der Waals surface area contributed by atoms with Gasteiger partial charge in [0.25, 0.3) is 0 Å². The van der Waals surface area contributed by atoms with Gasteiger partial charge in [-0.25, -0.2) is 4.79 Å². The van der Waals surface area contributed by atoms with Crippen molar-refractivity contribution in [3.8, 4) is 0 Å². The Morgan fingerprint density at radius 2 is 1.89 bits per heavy atom. The first-order valence-corrected chi connectivity index (χ1v) is 6.12. The Bertz CT molecular complexity index is 479. The van der Waals surface area contributed by atoms with E-state index >= 15 is 0 Å². The van der Waals surface area contributed by atoms with Gasteiger partial charge in [-0.1, -0.05) is 0 Å². The minimum atomic E-state index is -4.36. The second kappa shape index (κ2) is 5.11. The topological polar surface area (TPSA) is 32.3 Å². The molecule has 0 saturated carbocycles. The van der Waals surface area contributed by atoms with E-state index in [0.717, 1.165) is 18.9 Å². The van der Waals surface area contributed by atoms with E-state index in [-0.39, 0.29) is 11.6 Å². The molecular weight excluding hydrogens is 257 g/mol. The summed E-state index contributed by atoms with van der Waals surface area (Å²) >= 11 is 0. The lowest BCUT2D eigenvalue weighted by molar-refractivity contribution is -0.138. The number of hydrogen-bond donors (Lipinski definition) is 1. The summed E-state index contributed by atoms with van der Waals surface area (Å²) < 4.78 is 37.8. The maximum absolute atomic E-state index is 12.6. The van der Waals surface area contributed by atoms with E-state index in [1.54, 1.807) is 4.90 Å². The number of halogens is 3. The van der Waals surface area contributed by atoms with E-state index in [1.165, 1.54) is 19.1 Å². The predicted molar refractivity (Wildman–Crippen MR) is 66.0 cm³/mol. The average Bonchev–Trinajstić information content (AvgIpc) is 2.80. The summed E-state index contributed by atoms with van der Waals surface area (Å²) in [5.41, 5.74) is -0.180. The number of hydrogen-bond acceptors (Lipinski definition) is 1. The molecule has 2 rings (SSSR count). The standard InChI is InChI=1S/C13H15F3N2O/c1-9-8-10(4-5-11(9)13(14,15)16)17-12(19)18-6-2-3-7-18/h4-5,8H,2-3,6-7H2,1H3,(H,17,19). The number of amides is 2. The van der Waals surface area contributed by atoms with Gasteiger partial charge in [-0.05, 0) is 43.5 Å². The molecule has 0 bridgehead atoms. The number of likely N-dealkylation sites (tertiary alicyclic amines) is 1. The fourth-order valence-corrected chi connectivity index (χ4v) is 2.18. The van der Waals surface area contributed by atoms with E-state index in [2.05, 4.69) is 5.32 Å². The molecule has 1 aromatic carbocycles. The Kier molecular flexibility index (Phi) is 3.68. The molecular formula is C13H15F3N2O. The molecule has 104 valence electrons. The Morgan fingerprint density at radius 3 is 2.42 bits per heavy atom. The summed E-state index contributed by atoms with van der Waals surface area (Å²) in [5.74, 6) is 0. The van der Waals surface area contributed by atoms with Crippen LogP contribution < -0.4 is 5.32 Å². The zero-order valence-electron chi connectivity index (χ0n) is 10.5. The van der Waals surface area contributed by atoms with E-state index < -0.39 is 11.7 Å². The van der Waals surface area contributed by atoms with Crippen molar-refractivity contribution in [2.75, 3.05) is 18.4 Å². The molecule has 2 amide bonds. The molecule has 0 spiro atoms. The van der Waals surface area contributed by atoms with Crippen LogP contribution in [0.25, 0.3) is 0 Å². The molecule has 1 aliphatic heterocycles. The second-order valence-electron chi connectivity index (χ2n) is 4.65. The molecule has 1 heterocycles. The minimum Gasteiger partial charge on any atom is -0.325 e. The molecule has 0 aliphatic carbocycles. The molecule has 0 radical (unpaired) electrons. The normalized spacial score (nSPS) is 15.7. The largest absolute Gasteiger partial charge is 0.416 e. The van der Waals surface area contributed by atoms with Crippen LogP contribution in [0.15, 0.2) is 18.2 Å². The molecule has 1 N–H and O–H groups in total. The van der Waals surface area contributed by atoms with E-state index in [1.807, 2.05) is 0 Å². The van der Waals surface area contributed by atoms with Gasteiger partial charge in [-0.15, -0.1) is 0 Å². The number of nitrogens with zero attached hydrogens (tertiary/aromatic N) is 1. The van der Waals surface area contributed by atoms with Crippen LogP contribution in [-0.2, 0) is 6.18 Å². The van der Waals surface area contributed by atoms with Gasteiger partial charge in [-0.3, -0.25) is 0 Å². The van der Waals surface area contributed by atoms with Gasteiger partial charge in [0.15, 0.2) is 0 Å². The maximum atomic E-state index is 12.6. The smallest absolute Gasteiger partial charge is 0.325 e. The number of urea groups is 1. The van der Waals surface area contributed by atoms with Crippen LogP contribution in [0, 0.1) is 6.92 Å². The van der Waals surface area contributed by atoms with Crippen molar-refractivity contribution in [1.29, 1.82) is 0 Å². The Balaban J connectivity index is 2.10. The molecule has 0 atom stereocenters. The summed E-state index contributed by atoms with van der Waals surface area (Å²) in [6.07, 6.45) is -2.42. The van der Waals surface area contributed by atoms with E-state index in [9.17, 15) is 18.0 Å². The number of aryl methyl sites for hydroxylation is 1. The van der Waals surface area contributed by atoms with Crippen molar-refractivity contribution in [1.82, 2.24) is 4.90 Å². The highest BCUT2D eigenvalue weighted by atomic mass is 19.4. The molecule has 1 aliphatic rings. The van der Waals surface area contributed by atoms with Crippen LogP contribution in [-0.4, -0.2) is 24.0 Å². The lowest BCUT2D eigenvalue weighted by Gasteiger charge is -2.17. The SMILES string of the molecule is Cc1cc(NC(=O)N2CCCC2)ccc1C(F)(F)F. The van der Waals surface area contributed by atoms with Crippen molar-refractivity contribution in [3.05, 3.63) is 29.3 Å². The van der Waals surface area contributed by atoms with Crippen molar-refractivity contribution in [3.63, 3.8) is 0 Å². The van der Waals surface area contributed by atoms with Crippen LogP contribution in [0.4, 0.5) is 23.7 Å². The van der Waals surface area contributed by atoms with Crippen LogP contribution in [0.5, 0.6) is 0 Å². The Morgan fingerprint density at radius 1 is 1.26 bits per heavy atom. The van der Waals surface area contributed by atoms with E-state index in [4.69, 9.17) is 0 Å². The zero-order chi connectivity index (χ0) is 14.0. The third-order valence-electron chi connectivity index (χ3n) is 3.18. The molecule has 6 heteroatoms. The lowest BCUT2D eigenvalue weighted by atomic mass is 10.1. The number of nitrogens with one attached hydrogen (secondary N) is 1. The fraction of sp³-hybridized carbons (Fsp3) is 0.462. The average molecular weight is 272 g/mol. The number of alkyl halides is 3. The molecule has 3 nitrogen and oxygen atoms in total. The van der Waals surface area contributed by atoms with Gasteiger partial charge in [0, 0.05) is 18.8 Å². The predicted octanol–water partition coefficient (Wildman–Crippen LogP) is 3.64. The molecule has 1 saturated heterocycles. The Hall–Kier alpha value is -1.72. The molecule has 1 aromatic rings. The lowest BCUT2D eigenvalue weighted by Crippen LogP contribution is -2.32. The highest BCUT2D eigenvalue weighted by Crippen LogP contribution is 2.32. The Labute approximate surface area is 109 Å². The number of carbonyl (C=O) groups is 1. The van der Waals surface area contributed by atoms with Crippen LogP contribution in [0.2, 0.25) is 0 Å². The summed E-state index contributed by atoms with van der Waals surface area (Å²) in [4.78, 5) is 13.5. The van der Waals surface area contributed by atoms with Gasteiger partial charge in [0.1, 0.15) is 0 Å². The quantitative estimate of drug-likeness (QED) is 0.831. The van der Waals surface area contributed by atoms with Gasteiger partial charge in [0.2, 0.25) is 0 Å². The number of anilines is 1. The fourth-order valence-electron chi connectivity index (χ4n) is 2.18. The number of rotatable bonds is 1. The highest BCUT2D eigenvalue weighted by Gasteiger charge is 2.32. The first-order valence-electron chi connectivity index (χ1n) is 6.12. The van der Waals surface area contributed by atoms with Crippen molar-refractivity contribution >= 4 is 11.7 Å². The summed E-state index contributed by atoms with van der Waals surface area (Å²) in [6, 6.07) is 3.37. The van der Waals surface area contributed by atoms with Crippen LogP contribution >= 0.6 is 0 Å². The van der Waals surface area contributed by atoms with Gasteiger partial charge in [-0.2, -0.15) is 13.2 Å². The molecule has 0 unspecified atom stereocenters. The van der Waals surface area contributed by atoms with Crippen molar-refractivity contribution in [2.45, 2.75) is 25.9 Å². The highest BCUT2D eigenvalue weighted by molar-refractivity contribution is 5.89. The van der Waals surface area contributed by atoms with E-state index in [0.29, 0.717) is 18.8 Å². The summed E-state index contributed by atoms with van der Waals surface area (Å²) in [6.45, 7) is 2.78. The number of carbonyl (C=O) groups excluding carboxylic acids is 1. The molecule has 1 fully saturated rings. The summed E-state index contributed by atoms with van der Waals surface area (Å²) in [7, 11) is 0. The zero-order valence-corrected chi connectivity index (χ0v) is 10.5. The molecule has 0 aromatic heterocycles. The number of benzene rings is 1. The third kappa shape index (κ3) is 3.19. The van der Waals surface area contributed by atoms with Crippen LogP contribution in [0.1, 0.15) is 24.0 Å². The first-order chi connectivity index (χ1) is 8.88. The summed E-state index contributed by atoms with van der Waals surface area (Å²) in [5, 5.41) is 2.62. The van der Waals surface area contributed by atoms with Gasteiger partial charge < -0.3 is 10.2 Å². The van der Waals surface area contributed by atoms with Gasteiger partial charge >= 0.3 is 12.2 Å². The second-order valence-corrected chi connectivity index (χ2v) is 4.65. The van der Waals surface area contributed by atoms with Crippen LogP contribution in [0.3, 0.4) is 0 Å². The van der Waals surface area contributed by atoms with Crippen molar-refractivity contribution < 1.29 is 18.0 Å². The monoisotopic (exact) mass is 272 g/mol.